The monoisotopic (exact) mass is 559 g/mol. The molecular weight excluding hydrogens is 506 g/mol. The minimum absolute atomic E-state index is 0.0412. The molecule has 6 N–H and O–H groups in total. The molecular formula is C28H53N3O8. The molecule has 0 radical (unpaired) electrons. The van der Waals surface area contributed by atoms with Crippen molar-refractivity contribution in [1.29, 1.82) is 0 Å². The normalized spacial score (nSPS) is 23.9. The summed E-state index contributed by atoms with van der Waals surface area (Å²) in [6.45, 7) is 14.2. The van der Waals surface area contributed by atoms with Gasteiger partial charge in [0, 0.05) is 32.9 Å². The van der Waals surface area contributed by atoms with Crippen LogP contribution in [0.2, 0.25) is 0 Å². The fourth-order valence-electron chi connectivity index (χ4n) is 4.23. The first-order valence-corrected chi connectivity index (χ1v) is 14.2. The number of amides is 3. The van der Waals surface area contributed by atoms with Gasteiger partial charge in [0.25, 0.3) is 0 Å². The summed E-state index contributed by atoms with van der Waals surface area (Å²) < 4.78 is 11.7. The Bertz CT molecular complexity index is 774. The van der Waals surface area contributed by atoms with Crippen molar-refractivity contribution < 1.29 is 39.2 Å². The number of nitrogens with one attached hydrogen (secondary N) is 3. The molecule has 1 aliphatic rings. The highest BCUT2D eigenvalue weighted by Gasteiger charge is 2.46. The number of aliphatic hydroxyl groups excluding tert-OH is 3. The largest absolute Gasteiger partial charge is 0.394 e. The first-order valence-electron chi connectivity index (χ1n) is 14.2. The molecule has 1 heterocycles. The van der Waals surface area contributed by atoms with Crippen LogP contribution in [-0.4, -0.2) is 89.0 Å². The third-order valence-electron chi connectivity index (χ3n) is 7.68. The second kappa shape index (κ2) is 16.5. The number of ether oxygens (including phenoxy) is 2. The zero-order valence-electron chi connectivity index (χ0n) is 24.9. The maximum atomic E-state index is 12.2. The van der Waals surface area contributed by atoms with Crippen LogP contribution >= 0.6 is 0 Å². The minimum atomic E-state index is -1.37. The summed E-state index contributed by atoms with van der Waals surface area (Å²) in [6, 6.07) is -0.998. The van der Waals surface area contributed by atoms with E-state index in [0.717, 1.165) is 6.42 Å². The SMILES string of the molecule is CC(=O)NC1C(O)[C@@H](O)C(CO)O[C@H]1OC(C)(C)CCCCC(=O)NCCCNC(=O)CCC(C)(C)C(C)C. The van der Waals surface area contributed by atoms with Crippen molar-refractivity contribution in [2.45, 2.75) is 130 Å². The average Bonchev–Trinajstić information content (AvgIpc) is 2.84. The van der Waals surface area contributed by atoms with E-state index < -0.39 is 48.8 Å². The van der Waals surface area contributed by atoms with Gasteiger partial charge in [-0.15, -0.1) is 0 Å². The van der Waals surface area contributed by atoms with Crippen molar-refractivity contribution in [3.63, 3.8) is 0 Å². The Morgan fingerprint density at radius 1 is 0.897 bits per heavy atom. The molecule has 3 amide bonds. The Morgan fingerprint density at radius 3 is 2.03 bits per heavy atom. The quantitative estimate of drug-likeness (QED) is 0.145. The number of hydrogen-bond acceptors (Lipinski definition) is 8. The van der Waals surface area contributed by atoms with Crippen LogP contribution in [0.3, 0.4) is 0 Å². The van der Waals surface area contributed by atoms with E-state index in [1.165, 1.54) is 6.92 Å². The summed E-state index contributed by atoms with van der Waals surface area (Å²) in [5.74, 6) is 0.0845. The van der Waals surface area contributed by atoms with Crippen molar-refractivity contribution in [2.75, 3.05) is 19.7 Å². The maximum absolute atomic E-state index is 12.2. The number of carbonyl (C=O) groups excluding carboxylic acids is 3. The van der Waals surface area contributed by atoms with Gasteiger partial charge in [-0.2, -0.15) is 0 Å². The molecule has 1 rings (SSSR count). The fourth-order valence-corrected chi connectivity index (χ4v) is 4.23. The molecule has 228 valence electrons. The standard InChI is InChI=1S/C28H53N3O8/c1-18(2)27(4,5)14-12-22(35)30-16-10-15-29-21(34)11-8-9-13-28(6,7)39-26-23(31-19(3)33)25(37)24(36)20(17-32)38-26/h18,20,23-26,32,36-37H,8-17H2,1-7H3,(H,29,34)(H,30,35)(H,31,33)/t20?,23?,24-,25?,26-/m0/s1. The molecule has 0 aliphatic carbocycles. The van der Waals surface area contributed by atoms with Crippen LogP contribution in [0, 0.1) is 11.3 Å². The topological polar surface area (TPSA) is 166 Å². The van der Waals surface area contributed by atoms with Crippen molar-refractivity contribution in [3.05, 3.63) is 0 Å². The summed E-state index contributed by atoms with van der Waals surface area (Å²) in [5, 5.41) is 38.4. The molecule has 0 aromatic rings. The van der Waals surface area contributed by atoms with E-state index in [2.05, 4.69) is 43.6 Å². The van der Waals surface area contributed by atoms with Crippen LogP contribution in [0.25, 0.3) is 0 Å². The highest BCUT2D eigenvalue weighted by atomic mass is 16.7. The van der Waals surface area contributed by atoms with Crippen molar-refractivity contribution in [1.82, 2.24) is 16.0 Å². The number of carbonyl (C=O) groups is 3. The predicted octanol–water partition coefficient (Wildman–Crippen LogP) is 1.37. The second-order valence-electron chi connectivity index (χ2n) is 12.2. The van der Waals surface area contributed by atoms with Crippen LogP contribution in [0.15, 0.2) is 0 Å². The Kier molecular flexibility index (Phi) is 14.9. The van der Waals surface area contributed by atoms with Gasteiger partial charge in [0.15, 0.2) is 6.29 Å². The third-order valence-corrected chi connectivity index (χ3v) is 7.68. The van der Waals surface area contributed by atoms with E-state index in [4.69, 9.17) is 9.47 Å². The van der Waals surface area contributed by atoms with Crippen molar-refractivity contribution >= 4 is 17.7 Å². The third kappa shape index (κ3) is 12.9. The molecule has 39 heavy (non-hydrogen) atoms. The molecule has 0 aromatic heterocycles. The number of hydrogen-bond donors (Lipinski definition) is 6. The highest BCUT2D eigenvalue weighted by Crippen LogP contribution is 2.31. The molecule has 5 atom stereocenters. The van der Waals surface area contributed by atoms with E-state index in [1.807, 2.05) is 13.8 Å². The highest BCUT2D eigenvalue weighted by molar-refractivity contribution is 5.76. The Hall–Kier alpha value is -1.79. The van der Waals surface area contributed by atoms with E-state index in [0.29, 0.717) is 57.5 Å². The Balaban J connectivity index is 2.31. The molecule has 1 saturated heterocycles. The molecule has 0 saturated carbocycles. The second-order valence-corrected chi connectivity index (χ2v) is 12.2. The first kappa shape index (κ1) is 35.2. The maximum Gasteiger partial charge on any atom is 0.220 e. The van der Waals surface area contributed by atoms with Gasteiger partial charge >= 0.3 is 0 Å². The van der Waals surface area contributed by atoms with E-state index >= 15 is 0 Å². The molecule has 1 fully saturated rings. The van der Waals surface area contributed by atoms with E-state index in [9.17, 15) is 29.7 Å². The van der Waals surface area contributed by atoms with E-state index in [-0.39, 0.29) is 17.2 Å². The summed E-state index contributed by atoms with van der Waals surface area (Å²) >= 11 is 0. The average molecular weight is 560 g/mol. The van der Waals surface area contributed by atoms with Gasteiger partial charge in [-0.05, 0) is 50.9 Å². The minimum Gasteiger partial charge on any atom is -0.394 e. The van der Waals surface area contributed by atoms with Crippen LogP contribution in [-0.2, 0) is 23.9 Å². The Labute approximate surface area is 233 Å². The molecule has 0 bridgehead atoms. The van der Waals surface area contributed by atoms with Crippen molar-refractivity contribution in [2.24, 2.45) is 11.3 Å². The van der Waals surface area contributed by atoms with Gasteiger partial charge < -0.3 is 40.7 Å². The van der Waals surface area contributed by atoms with Crippen molar-refractivity contribution in [3.8, 4) is 0 Å². The summed E-state index contributed by atoms with van der Waals surface area (Å²) in [4.78, 5) is 35.8. The molecule has 11 nitrogen and oxygen atoms in total. The lowest BCUT2D eigenvalue weighted by molar-refractivity contribution is -0.296. The van der Waals surface area contributed by atoms with Crippen LogP contribution < -0.4 is 16.0 Å². The summed E-state index contributed by atoms with van der Waals surface area (Å²) in [7, 11) is 0. The van der Waals surface area contributed by atoms with Gasteiger partial charge in [-0.3, -0.25) is 14.4 Å². The number of aliphatic hydroxyl groups is 3. The summed E-state index contributed by atoms with van der Waals surface area (Å²) in [5.41, 5.74) is -0.594. The molecule has 1 aliphatic heterocycles. The van der Waals surface area contributed by atoms with E-state index in [1.54, 1.807) is 0 Å². The van der Waals surface area contributed by atoms with Crippen LogP contribution in [0.1, 0.15) is 93.4 Å². The lowest BCUT2D eigenvalue weighted by atomic mass is 9.77. The van der Waals surface area contributed by atoms with Crippen LogP contribution in [0.4, 0.5) is 0 Å². The summed E-state index contributed by atoms with van der Waals surface area (Å²) in [6.07, 6.45) is -0.565. The first-order chi connectivity index (χ1) is 18.1. The molecule has 0 spiro atoms. The molecule has 0 aromatic carbocycles. The lowest BCUT2D eigenvalue weighted by Crippen LogP contribution is -2.65. The lowest BCUT2D eigenvalue weighted by Gasteiger charge is -2.44. The van der Waals surface area contributed by atoms with Gasteiger partial charge in [0.05, 0.1) is 12.2 Å². The zero-order valence-corrected chi connectivity index (χ0v) is 24.9. The fraction of sp³-hybridized carbons (Fsp3) is 0.893. The van der Waals surface area contributed by atoms with Gasteiger partial charge in [-0.25, -0.2) is 0 Å². The van der Waals surface area contributed by atoms with Gasteiger partial charge in [0.1, 0.15) is 24.4 Å². The van der Waals surface area contributed by atoms with Gasteiger partial charge in [-0.1, -0.05) is 34.1 Å². The Morgan fingerprint density at radius 2 is 1.49 bits per heavy atom. The zero-order chi connectivity index (χ0) is 29.8. The molecule has 11 heteroatoms. The predicted molar refractivity (Wildman–Crippen MR) is 147 cm³/mol. The van der Waals surface area contributed by atoms with Gasteiger partial charge in [0.2, 0.25) is 17.7 Å². The van der Waals surface area contributed by atoms with Crippen LogP contribution in [0.5, 0.6) is 0 Å². The number of rotatable bonds is 17. The number of unbranched alkanes of at least 4 members (excludes halogenated alkanes) is 1. The molecule has 3 unspecified atom stereocenters. The smallest absolute Gasteiger partial charge is 0.220 e.